The Morgan fingerprint density at radius 1 is 1.36 bits per heavy atom. The predicted octanol–water partition coefficient (Wildman–Crippen LogP) is 4.66. The summed E-state index contributed by atoms with van der Waals surface area (Å²) in [6.45, 7) is 11.5. The Balaban J connectivity index is 0.00000211. The summed E-state index contributed by atoms with van der Waals surface area (Å²) in [6.07, 6.45) is 7.83. The van der Waals surface area contributed by atoms with Gasteiger partial charge in [-0.25, -0.2) is 0 Å². The number of hydrogen-bond donors (Lipinski definition) is 1. The molecule has 0 spiro atoms. The molecule has 0 aromatic heterocycles. The molecule has 1 rings (SSSR count). The van der Waals surface area contributed by atoms with Crippen LogP contribution in [0.15, 0.2) is 54.8 Å². The van der Waals surface area contributed by atoms with Crippen LogP contribution in [-0.2, 0) is 6.42 Å². The van der Waals surface area contributed by atoms with Crippen LogP contribution in [0.1, 0.15) is 43.6 Å². The van der Waals surface area contributed by atoms with Gasteiger partial charge in [-0.15, -0.1) is 0 Å². The molecule has 1 amide bonds. The topological polar surface area (TPSA) is 38.3 Å². The molecule has 0 saturated heterocycles. The number of hydrogen-bond acceptors (Lipinski definition) is 2. The zero-order valence-corrected chi connectivity index (χ0v) is 14.3. The summed E-state index contributed by atoms with van der Waals surface area (Å²) in [5.41, 5.74) is 2.23. The molecule has 0 unspecified atom stereocenters. The third kappa shape index (κ3) is 5.60. The van der Waals surface area contributed by atoms with Gasteiger partial charge < -0.3 is 10.1 Å². The molecule has 3 heteroatoms. The van der Waals surface area contributed by atoms with E-state index >= 15 is 0 Å². The van der Waals surface area contributed by atoms with Gasteiger partial charge in [0.25, 0.3) is 5.91 Å². The molecule has 0 heterocycles. The fraction of sp³-hybridized carbons (Fsp3) is 0.316. The predicted molar refractivity (Wildman–Crippen MR) is 94.3 cm³/mol. The van der Waals surface area contributed by atoms with Gasteiger partial charge in [-0.3, -0.25) is 4.79 Å². The number of amides is 1. The monoisotopic (exact) mass is 301 g/mol. The molecule has 1 N–H and O–H groups in total. The van der Waals surface area contributed by atoms with Gasteiger partial charge in [0.1, 0.15) is 5.75 Å². The van der Waals surface area contributed by atoms with E-state index < -0.39 is 0 Å². The van der Waals surface area contributed by atoms with Crippen molar-refractivity contribution in [1.29, 1.82) is 0 Å². The average molecular weight is 301 g/mol. The van der Waals surface area contributed by atoms with Gasteiger partial charge >= 0.3 is 0 Å². The quantitative estimate of drug-likeness (QED) is 0.776. The fourth-order valence-corrected chi connectivity index (χ4v) is 1.94. The lowest BCUT2D eigenvalue weighted by molar-refractivity contribution is 0.0963. The van der Waals surface area contributed by atoms with Gasteiger partial charge in [-0.05, 0) is 37.1 Å². The van der Waals surface area contributed by atoms with Crippen LogP contribution in [0.4, 0.5) is 0 Å². The van der Waals surface area contributed by atoms with Crippen LogP contribution in [-0.4, -0.2) is 13.0 Å². The van der Waals surface area contributed by atoms with Gasteiger partial charge in [-0.1, -0.05) is 51.6 Å². The first kappa shape index (κ1) is 19.7. The van der Waals surface area contributed by atoms with E-state index in [4.69, 9.17) is 4.74 Å². The van der Waals surface area contributed by atoms with Crippen molar-refractivity contribution in [2.45, 2.75) is 34.1 Å². The second-order valence-electron chi connectivity index (χ2n) is 4.16. The molecule has 0 aliphatic rings. The molecular weight excluding hydrogens is 274 g/mol. The standard InChI is InChI=1S/C17H21NO2.C2H6/c1-5-9-14(10-6-2)18-17(19)16-13(7-3)11-8-12-15(16)20-4;1-2/h5-6,8-12H,1,7H2,2-4H3,(H,18,19);1-2H3/b10-6-,14-9+;. The number of carbonyl (C=O) groups is 1. The molecule has 0 bridgehead atoms. The first-order valence-electron chi connectivity index (χ1n) is 7.60. The van der Waals surface area contributed by atoms with E-state index in [0.717, 1.165) is 12.0 Å². The number of allylic oxidation sites excluding steroid dienone is 4. The van der Waals surface area contributed by atoms with Gasteiger partial charge in [-0.2, -0.15) is 0 Å². The number of methoxy groups -OCH3 is 1. The largest absolute Gasteiger partial charge is 0.496 e. The Bertz CT molecular complexity index is 520. The maximum absolute atomic E-state index is 12.5. The Hall–Kier alpha value is -2.29. The third-order valence-electron chi connectivity index (χ3n) is 2.84. The molecule has 1 aromatic carbocycles. The number of rotatable bonds is 6. The van der Waals surface area contributed by atoms with E-state index in [-0.39, 0.29) is 5.91 Å². The normalized spacial score (nSPS) is 10.7. The van der Waals surface area contributed by atoms with Crippen LogP contribution in [0.5, 0.6) is 5.75 Å². The van der Waals surface area contributed by atoms with Crippen LogP contribution in [0.3, 0.4) is 0 Å². The number of carbonyl (C=O) groups excluding carboxylic acids is 1. The van der Waals surface area contributed by atoms with E-state index in [2.05, 4.69) is 11.9 Å². The molecule has 3 nitrogen and oxygen atoms in total. The van der Waals surface area contributed by atoms with Gasteiger partial charge in [0.05, 0.1) is 12.7 Å². The van der Waals surface area contributed by atoms with Crippen molar-refractivity contribution < 1.29 is 9.53 Å². The summed E-state index contributed by atoms with van der Waals surface area (Å²) in [7, 11) is 1.57. The highest BCUT2D eigenvalue weighted by Crippen LogP contribution is 2.23. The van der Waals surface area contributed by atoms with Crippen LogP contribution in [0.25, 0.3) is 0 Å². The van der Waals surface area contributed by atoms with E-state index in [1.54, 1.807) is 25.3 Å². The fourth-order valence-electron chi connectivity index (χ4n) is 1.94. The average Bonchev–Trinajstić information content (AvgIpc) is 2.56. The van der Waals surface area contributed by atoms with Crippen molar-refractivity contribution in [3.8, 4) is 5.75 Å². The summed E-state index contributed by atoms with van der Waals surface area (Å²) in [4.78, 5) is 12.5. The van der Waals surface area contributed by atoms with Crippen LogP contribution in [0.2, 0.25) is 0 Å². The first-order valence-corrected chi connectivity index (χ1v) is 7.60. The molecule has 0 aliphatic heterocycles. The van der Waals surface area contributed by atoms with Crippen molar-refractivity contribution >= 4 is 5.91 Å². The second-order valence-corrected chi connectivity index (χ2v) is 4.16. The highest BCUT2D eigenvalue weighted by Gasteiger charge is 2.16. The molecule has 22 heavy (non-hydrogen) atoms. The minimum absolute atomic E-state index is 0.175. The molecule has 0 fully saturated rings. The zero-order chi connectivity index (χ0) is 17.0. The van der Waals surface area contributed by atoms with Crippen molar-refractivity contribution in [2.24, 2.45) is 0 Å². The summed E-state index contributed by atoms with van der Waals surface area (Å²) in [5, 5.41) is 2.87. The lowest BCUT2D eigenvalue weighted by Crippen LogP contribution is -2.23. The lowest BCUT2D eigenvalue weighted by atomic mass is 10.0. The second kappa shape index (κ2) is 11.4. The van der Waals surface area contributed by atoms with Crippen molar-refractivity contribution in [3.63, 3.8) is 0 Å². The molecule has 1 aromatic rings. The van der Waals surface area contributed by atoms with Crippen LogP contribution < -0.4 is 10.1 Å². The molecule has 0 radical (unpaired) electrons. The van der Waals surface area contributed by atoms with Crippen LogP contribution >= 0.6 is 0 Å². The zero-order valence-electron chi connectivity index (χ0n) is 14.3. The van der Waals surface area contributed by atoms with E-state index in [0.29, 0.717) is 17.0 Å². The van der Waals surface area contributed by atoms with Gasteiger partial charge in [0, 0.05) is 5.70 Å². The number of aryl methyl sites for hydroxylation is 1. The summed E-state index contributed by atoms with van der Waals surface area (Å²) in [6, 6.07) is 5.62. The summed E-state index contributed by atoms with van der Waals surface area (Å²) in [5.74, 6) is 0.408. The van der Waals surface area contributed by atoms with E-state index in [1.807, 2.05) is 52.0 Å². The number of nitrogens with one attached hydrogen (secondary N) is 1. The van der Waals surface area contributed by atoms with Crippen LogP contribution in [0, 0.1) is 0 Å². The summed E-state index contributed by atoms with van der Waals surface area (Å²) >= 11 is 0. The Labute approximate surface area is 134 Å². The van der Waals surface area contributed by atoms with Crippen molar-refractivity contribution in [2.75, 3.05) is 7.11 Å². The minimum Gasteiger partial charge on any atom is -0.496 e. The lowest BCUT2D eigenvalue weighted by Gasteiger charge is -2.13. The summed E-state index contributed by atoms with van der Waals surface area (Å²) < 4.78 is 5.29. The molecule has 0 atom stereocenters. The number of ether oxygens (including phenoxy) is 1. The van der Waals surface area contributed by atoms with E-state index in [1.165, 1.54) is 0 Å². The van der Waals surface area contributed by atoms with Gasteiger partial charge in [0.2, 0.25) is 0 Å². The Morgan fingerprint density at radius 3 is 2.55 bits per heavy atom. The third-order valence-corrected chi connectivity index (χ3v) is 2.84. The van der Waals surface area contributed by atoms with Crippen molar-refractivity contribution in [3.05, 3.63) is 65.9 Å². The number of benzene rings is 1. The molecule has 120 valence electrons. The van der Waals surface area contributed by atoms with Gasteiger partial charge in [0.15, 0.2) is 0 Å². The minimum atomic E-state index is -0.175. The smallest absolute Gasteiger partial charge is 0.259 e. The molecule has 0 saturated carbocycles. The highest BCUT2D eigenvalue weighted by molar-refractivity contribution is 5.99. The molecular formula is C19H27NO2. The maximum Gasteiger partial charge on any atom is 0.259 e. The Kier molecular flexibility index (Phi) is 10.2. The van der Waals surface area contributed by atoms with Crippen molar-refractivity contribution in [1.82, 2.24) is 5.32 Å². The Morgan fingerprint density at radius 2 is 2.05 bits per heavy atom. The molecule has 0 aliphatic carbocycles. The van der Waals surface area contributed by atoms with E-state index in [9.17, 15) is 4.79 Å². The first-order chi connectivity index (χ1) is 10.7. The highest BCUT2D eigenvalue weighted by atomic mass is 16.5. The maximum atomic E-state index is 12.5. The SMILES string of the molecule is C=C/C=C(\C=C/C)NC(=O)c1c(CC)cccc1OC.CC.